The van der Waals surface area contributed by atoms with Crippen LogP contribution in [0.3, 0.4) is 0 Å². The Labute approximate surface area is 183 Å². The second-order valence-corrected chi connectivity index (χ2v) is 11.5. The summed E-state index contributed by atoms with van der Waals surface area (Å²) in [7, 11) is 5.18. The third-order valence-corrected chi connectivity index (χ3v) is 9.68. The van der Waals surface area contributed by atoms with Gasteiger partial charge in [0.25, 0.3) is 0 Å². The van der Waals surface area contributed by atoms with Crippen molar-refractivity contribution in [2.75, 3.05) is 40.3 Å². The third kappa shape index (κ3) is 3.15. The molecular weight excluding hydrogens is 356 g/mol. The highest BCUT2D eigenvalue weighted by Crippen LogP contribution is 2.56. The molecule has 0 N–H and O–H groups in total. The highest BCUT2D eigenvalue weighted by atomic mass is 15.9. The van der Waals surface area contributed by atoms with Gasteiger partial charge in [0.2, 0.25) is 0 Å². The lowest BCUT2D eigenvalue weighted by Crippen LogP contribution is -2.85. The van der Waals surface area contributed by atoms with E-state index in [1.165, 1.54) is 51.9 Å². The Morgan fingerprint density at radius 2 is 1.38 bits per heavy atom. The predicted octanol–water partition coefficient (Wildman–Crippen LogP) is 5.10. The third-order valence-electron chi connectivity index (χ3n) is 9.68. The minimum Gasteiger partial charge on any atom is -0.244 e. The summed E-state index contributed by atoms with van der Waals surface area (Å²) in [4.78, 5) is 6.04. The number of rotatable bonds is 8. The SMILES string of the molecule is CCC1C[N@@+](C)(CC)C2(N(C(C)(C)CC)CC(CC)[N@@+]2(C)CC)N1C(C)(C)CC. The molecule has 2 fully saturated rings. The molecule has 29 heavy (non-hydrogen) atoms. The molecule has 2 heterocycles. The largest absolute Gasteiger partial charge is 0.357 e. The molecule has 0 radical (unpaired) electrons. The molecule has 2 saturated heterocycles. The summed E-state index contributed by atoms with van der Waals surface area (Å²) >= 11 is 0. The Morgan fingerprint density at radius 1 is 0.828 bits per heavy atom. The Bertz CT molecular complexity index is 573. The first kappa shape index (κ1) is 25.1. The fourth-order valence-corrected chi connectivity index (χ4v) is 7.00. The summed E-state index contributed by atoms with van der Waals surface area (Å²) in [5.41, 5.74) is 0.350. The zero-order valence-corrected chi connectivity index (χ0v) is 22.1. The normalized spacial score (nSPS) is 39.7. The van der Waals surface area contributed by atoms with E-state index in [-0.39, 0.29) is 17.0 Å². The lowest BCUT2D eigenvalue weighted by atomic mass is 9.93. The van der Waals surface area contributed by atoms with Crippen LogP contribution in [0.1, 0.15) is 94.9 Å². The van der Waals surface area contributed by atoms with E-state index in [0.29, 0.717) is 12.1 Å². The summed E-state index contributed by atoms with van der Waals surface area (Å²) in [5.74, 6) is -0.0100. The maximum Gasteiger partial charge on any atom is 0.357 e. The van der Waals surface area contributed by atoms with Gasteiger partial charge < -0.3 is 0 Å². The van der Waals surface area contributed by atoms with E-state index in [4.69, 9.17) is 0 Å². The van der Waals surface area contributed by atoms with Crippen molar-refractivity contribution in [2.24, 2.45) is 0 Å². The van der Waals surface area contributed by atoms with E-state index in [1.54, 1.807) is 0 Å². The molecule has 172 valence electrons. The summed E-state index contributed by atoms with van der Waals surface area (Å²) in [5, 5.41) is 0. The topological polar surface area (TPSA) is 6.48 Å². The first-order chi connectivity index (χ1) is 13.3. The van der Waals surface area contributed by atoms with Crippen molar-refractivity contribution in [3.8, 4) is 0 Å². The van der Waals surface area contributed by atoms with Gasteiger partial charge in [0.15, 0.2) is 0 Å². The Hall–Kier alpha value is -0.160. The van der Waals surface area contributed by atoms with Crippen LogP contribution in [0.2, 0.25) is 0 Å². The molecular formula is C25H54N4+2. The van der Waals surface area contributed by atoms with Crippen LogP contribution in [0.25, 0.3) is 0 Å². The Morgan fingerprint density at radius 3 is 1.76 bits per heavy atom. The summed E-state index contributed by atoms with van der Waals surface area (Å²) in [6, 6.07) is 1.31. The standard InChI is InChI=1S/C25H54N4/c1-13-21-20-28(11,17-5)25(27(21)24(9,10)16-4)26(23(7,8)15-3)19-22(14-2)29(25,12)18-6/h21-22H,13-20H2,1-12H3/q+2/t21?,22?,25?,28-,29-/m1/s1. The molecule has 4 nitrogen and oxygen atoms in total. The zero-order chi connectivity index (χ0) is 22.5. The van der Waals surface area contributed by atoms with Crippen molar-refractivity contribution in [3.63, 3.8) is 0 Å². The lowest BCUT2D eigenvalue weighted by molar-refractivity contribution is -1.17. The lowest BCUT2D eigenvalue weighted by Gasteiger charge is -2.61. The van der Waals surface area contributed by atoms with E-state index < -0.39 is 0 Å². The highest BCUT2D eigenvalue weighted by molar-refractivity contribution is 5.03. The van der Waals surface area contributed by atoms with Crippen LogP contribution < -0.4 is 0 Å². The zero-order valence-electron chi connectivity index (χ0n) is 22.1. The van der Waals surface area contributed by atoms with E-state index in [1.807, 2.05) is 0 Å². The van der Waals surface area contributed by atoms with Gasteiger partial charge in [-0.25, -0.2) is 8.97 Å². The van der Waals surface area contributed by atoms with Crippen molar-refractivity contribution < 1.29 is 8.97 Å². The van der Waals surface area contributed by atoms with Crippen LogP contribution in [0.5, 0.6) is 0 Å². The minimum absolute atomic E-state index is 0.0100. The monoisotopic (exact) mass is 410 g/mol. The first-order valence-corrected chi connectivity index (χ1v) is 12.6. The molecule has 0 aromatic heterocycles. The molecule has 5 atom stereocenters. The molecule has 0 bridgehead atoms. The fourth-order valence-electron chi connectivity index (χ4n) is 7.00. The van der Waals surface area contributed by atoms with Crippen LogP contribution in [-0.4, -0.2) is 88.1 Å². The van der Waals surface area contributed by atoms with Gasteiger partial charge in [0, 0.05) is 11.1 Å². The van der Waals surface area contributed by atoms with Gasteiger partial charge in [-0.2, -0.15) is 9.80 Å². The van der Waals surface area contributed by atoms with E-state index in [9.17, 15) is 0 Å². The molecule has 0 aromatic rings. The fraction of sp³-hybridized carbons (Fsp3) is 1.00. The Balaban J connectivity index is 2.97. The maximum absolute atomic E-state index is 3.04. The van der Waals surface area contributed by atoms with Crippen LogP contribution in [0.15, 0.2) is 0 Å². The van der Waals surface area contributed by atoms with Crippen LogP contribution >= 0.6 is 0 Å². The van der Waals surface area contributed by atoms with Gasteiger partial charge in [-0.1, -0.05) is 27.7 Å². The molecule has 2 aliphatic heterocycles. The molecule has 2 rings (SSSR count). The summed E-state index contributed by atoms with van der Waals surface area (Å²) in [6.45, 7) is 29.4. The molecule has 0 aliphatic carbocycles. The smallest absolute Gasteiger partial charge is 0.244 e. The van der Waals surface area contributed by atoms with Crippen LogP contribution in [0, 0.1) is 0 Å². The molecule has 0 saturated carbocycles. The summed E-state index contributed by atoms with van der Waals surface area (Å²) in [6.07, 6.45) is 4.87. The van der Waals surface area contributed by atoms with Crippen LogP contribution in [-0.2, 0) is 0 Å². The van der Waals surface area contributed by atoms with E-state index in [2.05, 4.69) is 93.1 Å². The van der Waals surface area contributed by atoms with Crippen molar-refractivity contribution in [2.45, 2.75) is 124 Å². The molecule has 2 aliphatic rings. The first-order valence-electron chi connectivity index (χ1n) is 12.6. The second-order valence-electron chi connectivity index (χ2n) is 11.5. The number of quaternary nitrogens is 2. The highest BCUT2D eigenvalue weighted by Gasteiger charge is 2.81. The van der Waals surface area contributed by atoms with Crippen LogP contribution in [0.4, 0.5) is 0 Å². The molecule has 4 heteroatoms. The summed E-state index contributed by atoms with van der Waals surface area (Å²) < 4.78 is 2.29. The number of hydrogen-bond acceptors (Lipinski definition) is 2. The second kappa shape index (κ2) is 8.07. The molecule has 3 unspecified atom stereocenters. The van der Waals surface area contributed by atoms with Gasteiger partial charge in [0.1, 0.15) is 12.6 Å². The van der Waals surface area contributed by atoms with E-state index >= 15 is 0 Å². The number of likely N-dealkylation sites (N-methyl/N-ethyl adjacent to an activating group) is 2. The van der Waals surface area contributed by atoms with Crippen molar-refractivity contribution in [1.29, 1.82) is 0 Å². The average Bonchev–Trinajstić information content (AvgIpc) is 3.14. The van der Waals surface area contributed by atoms with Crippen molar-refractivity contribution >= 4 is 0 Å². The molecule has 1 spiro atoms. The van der Waals surface area contributed by atoms with Gasteiger partial charge in [-0.15, -0.1) is 0 Å². The van der Waals surface area contributed by atoms with Crippen molar-refractivity contribution in [1.82, 2.24) is 9.80 Å². The molecule has 0 amide bonds. The minimum atomic E-state index is -0.0100. The van der Waals surface area contributed by atoms with Gasteiger partial charge in [0.05, 0.1) is 39.8 Å². The van der Waals surface area contributed by atoms with Crippen molar-refractivity contribution in [3.05, 3.63) is 0 Å². The van der Waals surface area contributed by atoms with Gasteiger partial charge >= 0.3 is 5.91 Å². The molecule has 0 aromatic carbocycles. The van der Waals surface area contributed by atoms with Gasteiger partial charge in [-0.05, 0) is 67.2 Å². The Kier molecular flexibility index (Phi) is 6.99. The van der Waals surface area contributed by atoms with Gasteiger partial charge in [-0.3, -0.25) is 0 Å². The quantitative estimate of drug-likeness (QED) is 0.514. The average molecular weight is 411 g/mol. The number of hydrogen-bond donors (Lipinski definition) is 0. The maximum atomic E-state index is 3.04. The number of nitrogens with zero attached hydrogens (tertiary/aromatic N) is 4. The predicted molar refractivity (Wildman–Crippen MR) is 126 cm³/mol. The van der Waals surface area contributed by atoms with E-state index in [0.717, 1.165) is 8.97 Å².